The molecule has 2 rings (SSSR count). The number of nitrogens with zero attached hydrogens (tertiary/aromatic N) is 2. The number of aromatic nitrogens is 3. The van der Waals surface area contributed by atoms with Gasteiger partial charge in [0.15, 0.2) is 5.03 Å². The van der Waals surface area contributed by atoms with Gasteiger partial charge in [-0.2, -0.15) is 10.3 Å². The van der Waals surface area contributed by atoms with Crippen molar-refractivity contribution in [3.63, 3.8) is 0 Å². The van der Waals surface area contributed by atoms with Gasteiger partial charge < -0.3 is 0 Å². The molecule has 1 heterocycles. The SMILES string of the molecule is Cc1ccc(S(=O)c2n[nH]nc2C(C)(C)C)cc1. The molecule has 1 aromatic carbocycles. The van der Waals surface area contributed by atoms with Crippen LogP contribution in [0.2, 0.25) is 0 Å². The first-order valence-corrected chi connectivity index (χ1v) is 6.94. The fourth-order valence-electron chi connectivity index (χ4n) is 1.61. The van der Waals surface area contributed by atoms with Crippen LogP contribution < -0.4 is 0 Å². The van der Waals surface area contributed by atoms with Gasteiger partial charge >= 0.3 is 0 Å². The van der Waals surface area contributed by atoms with E-state index < -0.39 is 10.8 Å². The topological polar surface area (TPSA) is 58.6 Å². The second-order valence-electron chi connectivity index (χ2n) is 5.31. The third kappa shape index (κ3) is 2.51. The van der Waals surface area contributed by atoms with Crippen LogP contribution in [0.3, 0.4) is 0 Å². The minimum atomic E-state index is -1.29. The van der Waals surface area contributed by atoms with E-state index in [2.05, 4.69) is 15.4 Å². The van der Waals surface area contributed by atoms with Crippen molar-refractivity contribution in [2.24, 2.45) is 0 Å². The van der Waals surface area contributed by atoms with E-state index in [1.165, 1.54) is 0 Å². The highest BCUT2D eigenvalue weighted by atomic mass is 32.2. The van der Waals surface area contributed by atoms with Gasteiger partial charge in [0.05, 0.1) is 0 Å². The number of rotatable bonds is 2. The van der Waals surface area contributed by atoms with Gasteiger partial charge in [-0.15, -0.1) is 5.10 Å². The lowest BCUT2D eigenvalue weighted by molar-refractivity contribution is 0.553. The highest BCUT2D eigenvalue weighted by molar-refractivity contribution is 7.85. The Hall–Kier alpha value is -1.49. The Morgan fingerprint density at radius 1 is 1.11 bits per heavy atom. The molecule has 18 heavy (non-hydrogen) atoms. The Kier molecular flexibility index (Phi) is 3.34. The molecule has 0 saturated carbocycles. The molecule has 1 atom stereocenters. The number of nitrogens with one attached hydrogen (secondary N) is 1. The Morgan fingerprint density at radius 3 is 2.28 bits per heavy atom. The van der Waals surface area contributed by atoms with Crippen molar-refractivity contribution in [2.75, 3.05) is 0 Å². The van der Waals surface area contributed by atoms with Crippen molar-refractivity contribution < 1.29 is 4.21 Å². The molecule has 96 valence electrons. The zero-order valence-corrected chi connectivity index (χ0v) is 11.8. The predicted octanol–water partition coefficient (Wildman–Crippen LogP) is 2.58. The average molecular weight is 263 g/mol. The smallest absolute Gasteiger partial charge is 0.177 e. The van der Waals surface area contributed by atoms with E-state index in [1.807, 2.05) is 52.0 Å². The largest absolute Gasteiger partial charge is 0.247 e. The molecule has 5 heteroatoms. The molecule has 0 radical (unpaired) electrons. The molecule has 0 aliphatic heterocycles. The van der Waals surface area contributed by atoms with Crippen molar-refractivity contribution in [2.45, 2.75) is 43.0 Å². The summed E-state index contributed by atoms with van der Waals surface area (Å²) in [4.78, 5) is 0.750. The van der Waals surface area contributed by atoms with E-state index in [4.69, 9.17) is 0 Å². The Labute approximate surface area is 109 Å². The molecule has 0 aliphatic carbocycles. The van der Waals surface area contributed by atoms with E-state index in [9.17, 15) is 4.21 Å². The second-order valence-corrected chi connectivity index (χ2v) is 6.70. The van der Waals surface area contributed by atoms with Crippen molar-refractivity contribution >= 4 is 10.8 Å². The highest BCUT2D eigenvalue weighted by Crippen LogP contribution is 2.26. The maximum Gasteiger partial charge on any atom is 0.177 e. The summed E-state index contributed by atoms with van der Waals surface area (Å²) in [5.41, 5.74) is 1.72. The minimum Gasteiger partial charge on any atom is -0.247 e. The molecule has 0 aliphatic rings. The first-order valence-electron chi connectivity index (χ1n) is 5.79. The van der Waals surface area contributed by atoms with Crippen molar-refractivity contribution in [3.05, 3.63) is 35.5 Å². The fraction of sp³-hybridized carbons (Fsp3) is 0.385. The van der Waals surface area contributed by atoms with E-state index in [-0.39, 0.29) is 5.41 Å². The summed E-state index contributed by atoms with van der Waals surface area (Å²) < 4.78 is 12.5. The monoisotopic (exact) mass is 263 g/mol. The summed E-state index contributed by atoms with van der Waals surface area (Å²) in [6, 6.07) is 7.63. The molecular formula is C13H17N3OS. The number of aryl methyl sites for hydroxylation is 1. The van der Waals surface area contributed by atoms with Gasteiger partial charge in [-0.25, -0.2) is 4.21 Å². The van der Waals surface area contributed by atoms with E-state index in [1.54, 1.807) is 0 Å². The van der Waals surface area contributed by atoms with Crippen LogP contribution in [0, 0.1) is 6.92 Å². The van der Waals surface area contributed by atoms with Gasteiger partial charge in [0, 0.05) is 10.3 Å². The normalized spacial score (nSPS) is 13.6. The van der Waals surface area contributed by atoms with Gasteiger partial charge in [0.1, 0.15) is 16.5 Å². The van der Waals surface area contributed by atoms with E-state index in [0.29, 0.717) is 5.03 Å². The van der Waals surface area contributed by atoms with Crippen LogP contribution in [-0.4, -0.2) is 19.6 Å². The third-order valence-electron chi connectivity index (χ3n) is 2.64. The summed E-state index contributed by atoms with van der Waals surface area (Å²) in [5, 5.41) is 11.3. The molecule has 1 unspecified atom stereocenters. The van der Waals surface area contributed by atoms with Crippen LogP contribution in [-0.2, 0) is 16.2 Å². The summed E-state index contributed by atoms with van der Waals surface area (Å²) in [6.07, 6.45) is 0. The molecule has 1 N–H and O–H groups in total. The maximum absolute atomic E-state index is 12.5. The number of aromatic amines is 1. The number of H-pyrrole nitrogens is 1. The predicted molar refractivity (Wildman–Crippen MR) is 70.9 cm³/mol. The molecule has 0 bridgehead atoms. The first-order chi connectivity index (χ1) is 8.39. The molecule has 0 fully saturated rings. The molecule has 1 aromatic heterocycles. The number of hydrogen-bond acceptors (Lipinski definition) is 3. The fourth-order valence-corrected chi connectivity index (χ4v) is 2.87. The summed E-state index contributed by atoms with van der Waals surface area (Å²) in [6.45, 7) is 8.09. The zero-order chi connectivity index (χ0) is 13.3. The highest BCUT2D eigenvalue weighted by Gasteiger charge is 2.26. The zero-order valence-electron chi connectivity index (χ0n) is 11.0. The third-order valence-corrected chi connectivity index (χ3v) is 3.97. The van der Waals surface area contributed by atoms with Crippen LogP contribution in [0.1, 0.15) is 32.0 Å². The standard InChI is InChI=1S/C13H17N3OS/c1-9-5-7-10(8-6-9)18(17)12-11(13(2,3)4)14-16-15-12/h5-8H,1-4H3,(H,14,15,16). The maximum atomic E-state index is 12.5. The van der Waals surface area contributed by atoms with Gasteiger partial charge in [-0.1, -0.05) is 38.5 Å². The van der Waals surface area contributed by atoms with Crippen LogP contribution in [0.4, 0.5) is 0 Å². The first kappa shape index (κ1) is 13.0. The lowest BCUT2D eigenvalue weighted by Gasteiger charge is -2.15. The van der Waals surface area contributed by atoms with Gasteiger partial charge in [0.25, 0.3) is 0 Å². The molecule has 0 saturated heterocycles. The van der Waals surface area contributed by atoms with Crippen molar-refractivity contribution in [1.82, 2.24) is 15.4 Å². The molecule has 4 nitrogen and oxygen atoms in total. The lowest BCUT2D eigenvalue weighted by Crippen LogP contribution is -2.15. The summed E-state index contributed by atoms with van der Waals surface area (Å²) in [7, 11) is -1.29. The average Bonchev–Trinajstić information content (AvgIpc) is 2.77. The van der Waals surface area contributed by atoms with E-state index in [0.717, 1.165) is 16.2 Å². The van der Waals surface area contributed by atoms with Gasteiger partial charge in [0.2, 0.25) is 0 Å². The summed E-state index contributed by atoms with van der Waals surface area (Å²) >= 11 is 0. The Morgan fingerprint density at radius 2 is 1.72 bits per heavy atom. The quantitative estimate of drug-likeness (QED) is 0.906. The van der Waals surface area contributed by atoms with Gasteiger partial charge in [-0.3, -0.25) is 0 Å². The van der Waals surface area contributed by atoms with Crippen molar-refractivity contribution in [1.29, 1.82) is 0 Å². The number of hydrogen-bond donors (Lipinski definition) is 1. The van der Waals surface area contributed by atoms with Crippen LogP contribution in [0.15, 0.2) is 34.2 Å². The molecule has 0 amide bonds. The van der Waals surface area contributed by atoms with Crippen molar-refractivity contribution in [3.8, 4) is 0 Å². The summed E-state index contributed by atoms with van der Waals surface area (Å²) in [5.74, 6) is 0. The molecule has 2 aromatic rings. The van der Waals surface area contributed by atoms with Crippen LogP contribution in [0.25, 0.3) is 0 Å². The Balaban J connectivity index is 2.41. The van der Waals surface area contributed by atoms with Gasteiger partial charge in [-0.05, 0) is 19.1 Å². The van der Waals surface area contributed by atoms with Crippen LogP contribution in [0.5, 0.6) is 0 Å². The minimum absolute atomic E-state index is 0.178. The molecular weight excluding hydrogens is 246 g/mol. The van der Waals surface area contributed by atoms with E-state index >= 15 is 0 Å². The number of benzene rings is 1. The van der Waals surface area contributed by atoms with Crippen LogP contribution >= 0.6 is 0 Å². The lowest BCUT2D eigenvalue weighted by atomic mass is 9.93. The Bertz CT molecular complexity index is 567. The second kappa shape index (κ2) is 4.65. The molecule has 0 spiro atoms.